The minimum absolute atomic E-state index is 0.102. The van der Waals surface area contributed by atoms with E-state index >= 15 is 0 Å². The van der Waals surface area contributed by atoms with Gasteiger partial charge in [0, 0.05) is 18.7 Å². The van der Waals surface area contributed by atoms with E-state index < -0.39 is 0 Å². The summed E-state index contributed by atoms with van der Waals surface area (Å²) in [4.78, 5) is 14.5. The molecule has 1 aliphatic rings. The van der Waals surface area contributed by atoms with Gasteiger partial charge in [0.05, 0.1) is 0 Å². The zero-order chi connectivity index (χ0) is 14.5. The van der Waals surface area contributed by atoms with Crippen molar-refractivity contribution in [2.75, 3.05) is 13.1 Å². The molecule has 20 heavy (non-hydrogen) atoms. The third kappa shape index (κ3) is 3.53. The fraction of sp³-hybridized carbons (Fsp3) is 0.588. The molecule has 1 unspecified atom stereocenters. The first-order valence-electron chi connectivity index (χ1n) is 7.70. The molecule has 3 heteroatoms. The lowest BCUT2D eigenvalue weighted by Gasteiger charge is -2.21. The first kappa shape index (κ1) is 14.9. The highest BCUT2D eigenvalue weighted by Gasteiger charge is 2.21. The van der Waals surface area contributed by atoms with Crippen LogP contribution in [0, 0.1) is 12.8 Å². The second-order valence-corrected chi connectivity index (χ2v) is 5.88. The molecule has 0 radical (unpaired) electrons. The van der Waals surface area contributed by atoms with Crippen molar-refractivity contribution in [2.45, 2.75) is 46.0 Å². The van der Waals surface area contributed by atoms with Crippen molar-refractivity contribution in [1.29, 1.82) is 0 Å². The van der Waals surface area contributed by atoms with Crippen molar-refractivity contribution in [3.05, 3.63) is 29.3 Å². The Bertz CT molecular complexity index is 470. The molecule has 0 aliphatic carbocycles. The van der Waals surface area contributed by atoms with Crippen LogP contribution >= 0.6 is 0 Å². The monoisotopic (exact) mass is 275 g/mol. The van der Waals surface area contributed by atoms with E-state index in [1.165, 1.54) is 19.3 Å². The highest BCUT2D eigenvalue weighted by atomic mass is 16.3. The summed E-state index contributed by atoms with van der Waals surface area (Å²) in [6.45, 7) is 5.78. The van der Waals surface area contributed by atoms with Gasteiger partial charge < -0.3 is 10.0 Å². The van der Waals surface area contributed by atoms with Gasteiger partial charge in [0.2, 0.25) is 0 Å². The molecule has 1 aromatic carbocycles. The Balaban J connectivity index is 2.03. The molecule has 3 nitrogen and oxygen atoms in total. The van der Waals surface area contributed by atoms with Gasteiger partial charge >= 0.3 is 0 Å². The van der Waals surface area contributed by atoms with E-state index in [1.807, 2.05) is 11.8 Å². The number of aryl methyl sites for hydroxylation is 1. The molecule has 1 amide bonds. The quantitative estimate of drug-likeness (QED) is 0.912. The van der Waals surface area contributed by atoms with Gasteiger partial charge in [-0.15, -0.1) is 0 Å². The zero-order valence-electron chi connectivity index (χ0n) is 12.6. The van der Waals surface area contributed by atoms with E-state index in [4.69, 9.17) is 0 Å². The predicted octanol–water partition coefficient (Wildman–Crippen LogP) is 3.74. The van der Waals surface area contributed by atoms with Gasteiger partial charge in [-0.25, -0.2) is 0 Å². The Labute approximate surface area is 121 Å². The number of aromatic hydroxyl groups is 1. The summed E-state index contributed by atoms with van der Waals surface area (Å²) in [5, 5.41) is 9.55. The number of benzene rings is 1. The molecule has 0 saturated carbocycles. The maximum absolute atomic E-state index is 12.5. The van der Waals surface area contributed by atoms with Crippen LogP contribution in [0.1, 0.15) is 54.9 Å². The number of carbonyl (C=O) groups excluding carboxylic acids is 1. The van der Waals surface area contributed by atoms with Crippen molar-refractivity contribution < 1.29 is 9.90 Å². The van der Waals surface area contributed by atoms with Gasteiger partial charge in [-0.05, 0) is 55.9 Å². The number of amides is 1. The molecule has 1 N–H and O–H groups in total. The second-order valence-electron chi connectivity index (χ2n) is 5.88. The number of carbonyl (C=O) groups is 1. The van der Waals surface area contributed by atoms with Crippen LogP contribution < -0.4 is 0 Å². The standard InChI is InChI=1S/C17H25NO2/c1-3-5-14-6-4-10-18(11-9-14)17(20)15-7-8-16(19)13(2)12-15/h7-8,12,14,19H,3-6,9-11H2,1-2H3. The van der Waals surface area contributed by atoms with Gasteiger partial charge in [-0.3, -0.25) is 4.79 Å². The second kappa shape index (κ2) is 6.78. The van der Waals surface area contributed by atoms with E-state index in [9.17, 15) is 9.90 Å². The van der Waals surface area contributed by atoms with E-state index in [0.717, 1.165) is 37.4 Å². The van der Waals surface area contributed by atoms with Crippen LogP contribution in [0.15, 0.2) is 18.2 Å². The summed E-state index contributed by atoms with van der Waals surface area (Å²) in [7, 11) is 0. The number of hydrogen-bond acceptors (Lipinski definition) is 2. The van der Waals surface area contributed by atoms with Gasteiger partial charge in [-0.2, -0.15) is 0 Å². The van der Waals surface area contributed by atoms with Gasteiger partial charge in [0.25, 0.3) is 5.91 Å². The topological polar surface area (TPSA) is 40.5 Å². The Morgan fingerprint density at radius 1 is 1.35 bits per heavy atom. The van der Waals surface area contributed by atoms with Crippen molar-refractivity contribution in [3.63, 3.8) is 0 Å². The molecule has 1 fully saturated rings. The maximum Gasteiger partial charge on any atom is 0.253 e. The summed E-state index contributed by atoms with van der Waals surface area (Å²) in [6, 6.07) is 5.12. The number of phenols is 1. The molecule has 0 spiro atoms. The normalized spacial score (nSPS) is 19.7. The van der Waals surface area contributed by atoms with Crippen molar-refractivity contribution >= 4 is 5.91 Å². The largest absolute Gasteiger partial charge is 0.508 e. The fourth-order valence-corrected chi connectivity index (χ4v) is 3.04. The van der Waals surface area contributed by atoms with Crippen molar-refractivity contribution in [1.82, 2.24) is 4.90 Å². The molecule has 0 aromatic heterocycles. The van der Waals surface area contributed by atoms with Crippen molar-refractivity contribution in [2.24, 2.45) is 5.92 Å². The summed E-state index contributed by atoms with van der Waals surface area (Å²) in [5.74, 6) is 1.13. The Kier molecular flexibility index (Phi) is 5.05. The summed E-state index contributed by atoms with van der Waals surface area (Å²) < 4.78 is 0. The average molecular weight is 275 g/mol. The lowest BCUT2D eigenvalue weighted by Crippen LogP contribution is -2.32. The summed E-state index contributed by atoms with van der Waals surface area (Å²) >= 11 is 0. The molecule has 1 atom stereocenters. The van der Waals surface area contributed by atoms with Gasteiger partial charge in [0.15, 0.2) is 0 Å². The Morgan fingerprint density at radius 2 is 2.15 bits per heavy atom. The van der Waals surface area contributed by atoms with Crippen LogP contribution in [0.5, 0.6) is 5.75 Å². The van der Waals surface area contributed by atoms with E-state index in [-0.39, 0.29) is 11.7 Å². The summed E-state index contributed by atoms with van der Waals surface area (Å²) in [6.07, 6.45) is 5.98. The molecular formula is C17H25NO2. The molecule has 1 aromatic rings. The number of phenolic OH excluding ortho intramolecular Hbond substituents is 1. The predicted molar refractivity (Wildman–Crippen MR) is 81.0 cm³/mol. The minimum Gasteiger partial charge on any atom is -0.508 e. The van der Waals surface area contributed by atoms with E-state index in [2.05, 4.69) is 6.92 Å². The number of likely N-dealkylation sites (tertiary alicyclic amines) is 1. The van der Waals surface area contributed by atoms with Crippen molar-refractivity contribution in [3.8, 4) is 5.75 Å². The van der Waals surface area contributed by atoms with Gasteiger partial charge in [-0.1, -0.05) is 19.8 Å². The van der Waals surface area contributed by atoms with E-state index in [0.29, 0.717) is 5.56 Å². The summed E-state index contributed by atoms with van der Waals surface area (Å²) in [5.41, 5.74) is 1.45. The lowest BCUT2D eigenvalue weighted by molar-refractivity contribution is 0.0759. The SMILES string of the molecule is CCCC1CCCN(C(=O)c2ccc(O)c(C)c2)CC1. The van der Waals surface area contributed by atoms with Crippen LogP contribution in [0.4, 0.5) is 0 Å². The first-order valence-corrected chi connectivity index (χ1v) is 7.70. The molecule has 1 saturated heterocycles. The molecular weight excluding hydrogens is 250 g/mol. The lowest BCUT2D eigenvalue weighted by atomic mass is 9.96. The highest BCUT2D eigenvalue weighted by molar-refractivity contribution is 5.94. The number of rotatable bonds is 3. The molecule has 2 rings (SSSR count). The molecule has 110 valence electrons. The maximum atomic E-state index is 12.5. The highest BCUT2D eigenvalue weighted by Crippen LogP contribution is 2.24. The number of nitrogens with zero attached hydrogens (tertiary/aromatic N) is 1. The third-order valence-electron chi connectivity index (χ3n) is 4.28. The molecule has 1 aliphatic heterocycles. The van der Waals surface area contributed by atoms with Crippen LogP contribution in [0.25, 0.3) is 0 Å². The molecule has 0 bridgehead atoms. The Morgan fingerprint density at radius 3 is 2.85 bits per heavy atom. The van der Waals surface area contributed by atoms with Crippen LogP contribution in [-0.4, -0.2) is 29.0 Å². The smallest absolute Gasteiger partial charge is 0.253 e. The Hall–Kier alpha value is -1.51. The van der Waals surface area contributed by atoms with Gasteiger partial charge in [0.1, 0.15) is 5.75 Å². The third-order valence-corrected chi connectivity index (χ3v) is 4.28. The fourth-order valence-electron chi connectivity index (χ4n) is 3.04. The van der Waals surface area contributed by atoms with Crippen LogP contribution in [-0.2, 0) is 0 Å². The first-order chi connectivity index (χ1) is 9.61. The zero-order valence-corrected chi connectivity index (χ0v) is 12.6. The minimum atomic E-state index is 0.102. The molecule has 1 heterocycles. The number of hydrogen-bond donors (Lipinski definition) is 1. The average Bonchev–Trinajstić information content (AvgIpc) is 2.67. The van der Waals surface area contributed by atoms with Crippen LogP contribution in [0.2, 0.25) is 0 Å². The van der Waals surface area contributed by atoms with Crippen LogP contribution in [0.3, 0.4) is 0 Å². The van der Waals surface area contributed by atoms with E-state index in [1.54, 1.807) is 18.2 Å².